The van der Waals surface area contributed by atoms with E-state index in [9.17, 15) is 4.79 Å². The molecule has 0 saturated heterocycles. The number of amides is 1. The van der Waals surface area contributed by atoms with Crippen LogP contribution in [-0.4, -0.2) is 41.1 Å². The van der Waals surface area contributed by atoms with Gasteiger partial charge in [-0.25, -0.2) is 0 Å². The van der Waals surface area contributed by atoms with Gasteiger partial charge in [0, 0.05) is 7.05 Å². The molecule has 17 heavy (non-hydrogen) atoms. The molecule has 0 fully saturated rings. The summed E-state index contributed by atoms with van der Waals surface area (Å²) >= 11 is 0. The zero-order chi connectivity index (χ0) is 12.7. The summed E-state index contributed by atoms with van der Waals surface area (Å²) in [7, 11) is 1.54. The van der Waals surface area contributed by atoms with Crippen molar-refractivity contribution in [2.75, 3.05) is 31.2 Å². The second-order valence-electron chi connectivity index (χ2n) is 3.17. The van der Waals surface area contributed by atoms with Crippen molar-refractivity contribution in [3.8, 4) is 6.01 Å². The van der Waals surface area contributed by atoms with Crippen molar-refractivity contribution in [1.29, 1.82) is 0 Å². The van der Waals surface area contributed by atoms with Crippen molar-refractivity contribution in [2.24, 2.45) is 0 Å². The molecule has 8 heteroatoms. The van der Waals surface area contributed by atoms with Crippen LogP contribution in [0.4, 0.5) is 11.9 Å². The summed E-state index contributed by atoms with van der Waals surface area (Å²) in [5.41, 5.74) is 5.49. The zero-order valence-electron chi connectivity index (χ0n) is 9.86. The van der Waals surface area contributed by atoms with Crippen molar-refractivity contribution in [3.63, 3.8) is 0 Å². The van der Waals surface area contributed by atoms with E-state index in [-0.39, 0.29) is 30.4 Å². The number of nitrogens with one attached hydrogen (secondary N) is 2. The minimum atomic E-state index is -0.181. The molecular weight excluding hydrogens is 224 g/mol. The second-order valence-corrected chi connectivity index (χ2v) is 3.17. The summed E-state index contributed by atoms with van der Waals surface area (Å²) in [6.45, 7) is 2.53. The molecule has 94 valence electrons. The van der Waals surface area contributed by atoms with Crippen LogP contribution in [0.2, 0.25) is 0 Å². The standard InChI is InChI=1S/C9H16N6O2/c1-3-4-17-9-14-7(10)13-8(15-9)12-5-6(16)11-2/h3-5H2,1-2H3,(H,11,16)(H3,10,12,13,14,15). The lowest BCUT2D eigenvalue weighted by atomic mass is 10.5. The molecule has 1 aromatic rings. The Labute approximate surface area is 99.0 Å². The molecule has 0 bridgehead atoms. The third kappa shape index (κ3) is 4.49. The predicted molar refractivity (Wildman–Crippen MR) is 62.6 cm³/mol. The average molecular weight is 240 g/mol. The highest BCUT2D eigenvalue weighted by atomic mass is 16.5. The van der Waals surface area contributed by atoms with Gasteiger partial charge in [-0.05, 0) is 6.42 Å². The molecule has 0 aromatic carbocycles. The molecular formula is C9H16N6O2. The van der Waals surface area contributed by atoms with Crippen LogP contribution in [0.1, 0.15) is 13.3 Å². The Balaban J connectivity index is 2.65. The monoisotopic (exact) mass is 240 g/mol. The number of nitrogens with two attached hydrogens (primary N) is 1. The molecule has 8 nitrogen and oxygen atoms in total. The van der Waals surface area contributed by atoms with E-state index in [1.165, 1.54) is 0 Å². The number of hydrogen-bond acceptors (Lipinski definition) is 7. The number of rotatable bonds is 6. The summed E-state index contributed by atoms with van der Waals surface area (Å²) in [4.78, 5) is 22.6. The number of ether oxygens (including phenoxy) is 1. The van der Waals surface area contributed by atoms with Gasteiger partial charge in [0.25, 0.3) is 0 Å². The van der Waals surface area contributed by atoms with E-state index in [1.54, 1.807) is 7.05 Å². The number of nitrogens with zero attached hydrogens (tertiary/aromatic N) is 3. The van der Waals surface area contributed by atoms with E-state index in [1.807, 2.05) is 6.92 Å². The van der Waals surface area contributed by atoms with Crippen molar-refractivity contribution >= 4 is 17.8 Å². The maximum atomic E-state index is 11.0. The number of carbonyl (C=O) groups is 1. The molecule has 0 unspecified atom stereocenters. The first-order chi connectivity index (χ1) is 8.15. The molecule has 0 aliphatic carbocycles. The van der Waals surface area contributed by atoms with E-state index in [0.717, 1.165) is 6.42 Å². The second kappa shape index (κ2) is 6.46. The first-order valence-electron chi connectivity index (χ1n) is 5.24. The van der Waals surface area contributed by atoms with Gasteiger partial charge in [0.2, 0.25) is 17.8 Å². The van der Waals surface area contributed by atoms with Gasteiger partial charge in [-0.3, -0.25) is 4.79 Å². The Bertz CT molecular complexity index is 384. The molecule has 0 atom stereocenters. The van der Waals surface area contributed by atoms with E-state index >= 15 is 0 Å². The normalized spacial score (nSPS) is 9.76. The first kappa shape index (κ1) is 12.9. The van der Waals surface area contributed by atoms with Gasteiger partial charge in [0.15, 0.2) is 0 Å². The average Bonchev–Trinajstić information content (AvgIpc) is 2.32. The summed E-state index contributed by atoms with van der Waals surface area (Å²) in [5, 5.41) is 5.18. The number of carbonyl (C=O) groups excluding carboxylic acids is 1. The fourth-order valence-corrected chi connectivity index (χ4v) is 0.957. The summed E-state index contributed by atoms with van der Waals surface area (Å²) in [6.07, 6.45) is 0.840. The van der Waals surface area contributed by atoms with Crippen molar-refractivity contribution in [1.82, 2.24) is 20.3 Å². The molecule has 0 aliphatic rings. The molecule has 0 spiro atoms. The van der Waals surface area contributed by atoms with E-state index in [2.05, 4.69) is 25.6 Å². The Kier molecular flexibility index (Phi) is 4.92. The highest BCUT2D eigenvalue weighted by Gasteiger charge is 2.06. The lowest BCUT2D eigenvalue weighted by Crippen LogP contribution is -2.27. The lowest BCUT2D eigenvalue weighted by Gasteiger charge is -2.06. The predicted octanol–water partition coefficient (Wildman–Crippen LogP) is -0.599. The van der Waals surface area contributed by atoms with Crippen LogP contribution in [-0.2, 0) is 4.79 Å². The number of aromatic nitrogens is 3. The van der Waals surface area contributed by atoms with Gasteiger partial charge >= 0.3 is 6.01 Å². The van der Waals surface area contributed by atoms with E-state index < -0.39 is 0 Å². The van der Waals surface area contributed by atoms with Gasteiger partial charge in [-0.15, -0.1) is 0 Å². The topological polar surface area (TPSA) is 115 Å². The third-order valence-corrected chi connectivity index (χ3v) is 1.75. The fraction of sp³-hybridized carbons (Fsp3) is 0.556. The van der Waals surface area contributed by atoms with E-state index in [4.69, 9.17) is 10.5 Å². The minimum Gasteiger partial charge on any atom is -0.463 e. The van der Waals surface area contributed by atoms with Gasteiger partial charge in [-0.1, -0.05) is 6.92 Å². The van der Waals surface area contributed by atoms with Crippen LogP contribution in [0.25, 0.3) is 0 Å². The highest BCUT2D eigenvalue weighted by molar-refractivity contribution is 5.79. The Morgan fingerprint density at radius 1 is 1.41 bits per heavy atom. The summed E-state index contributed by atoms with van der Waals surface area (Å²) < 4.78 is 5.23. The van der Waals surface area contributed by atoms with Crippen LogP contribution >= 0.6 is 0 Å². The molecule has 0 radical (unpaired) electrons. The Morgan fingerprint density at radius 2 is 2.18 bits per heavy atom. The first-order valence-corrected chi connectivity index (χ1v) is 5.24. The van der Waals surface area contributed by atoms with Gasteiger partial charge < -0.3 is 21.1 Å². The molecule has 1 heterocycles. The van der Waals surface area contributed by atoms with Crippen molar-refractivity contribution in [2.45, 2.75) is 13.3 Å². The molecule has 0 aliphatic heterocycles. The number of anilines is 2. The smallest absolute Gasteiger partial charge is 0.323 e. The van der Waals surface area contributed by atoms with Gasteiger partial charge in [0.05, 0.1) is 13.2 Å². The number of hydrogen-bond donors (Lipinski definition) is 3. The molecule has 1 aromatic heterocycles. The van der Waals surface area contributed by atoms with Crippen LogP contribution in [0.3, 0.4) is 0 Å². The largest absolute Gasteiger partial charge is 0.463 e. The zero-order valence-corrected chi connectivity index (χ0v) is 9.86. The maximum Gasteiger partial charge on any atom is 0.323 e. The van der Waals surface area contributed by atoms with Crippen molar-refractivity contribution in [3.05, 3.63) is 0 Å². The van der Waals surface area contributed by atoms with Gasteiger partial charge in [0.1, 0.15) is 0 Å². The Morgan fingerprint density at radius 3 is 2.82 bits per heavy atom. The third-order valence-electron chi connectivity index (χ3n) is 1.75. The lowest BCUT2D eigenvalue weighted by molar-refractivity contribution is -0.118. The molecule has 4 N–H and O–H groups in total. The maximum absolute atomic E-state index is 11.0. The minimum absolute atomic E-state index is 0.0468. The summed E-state index contributed by atoms with van der Waals surface area (Å²) in [5.74, 6) is 0.0812. The number of likely N-dealkylation sites (N-methyl/N-ethyl adjacent to an activating group) is 1. The SMILES string of the molecule is CCCOc1nc(N)nc(NCC(=O)NC)n1. The van der Waals surface area contributed by atoms with Crippen LogP contribution in [0.5, 0.6) is 6.01 Å². The molecule has 0 saturated carbocycles. The quantitative estimate of drug-likeness (QED) is 0.608. The van der Waals surface area contributed by atoms with Crippen LogP contribution in [0.15, 0.2) is 0 Å². The fourth-order valence-electron chi connectivity index (χ4n) is 0.957. The number of nitrogen functional groups attached to an aromatic ring is 1. The van der Waals surface area contributed by atoms with Crippen LogP contribution in [0, 0.1) is 0 Å². The van der Waals surface area contributed by atoms with Gasteiger partial charge in [-0.2, -0.15) is 15.0 Å². The summed E-state index contributed by atoms with van der Waals surface area (Å²) in [6, 6.07) is 0.152. The molecule has 1 rings (SSSR count). The van der Waals surface area contributed by atoms with Crippen molar-refractivity contribution < 1.29 is 9.53 Å². The molecule has 1 amide bonds. The van der Waals surface area contributed by atoms with E-state index in [0.29, 0.717) is 6.61 Å². The highest BCUT2D eigenvalue weighted by Crippen LogP contribution is 2.08. The Hall–Kier alpha value is -2.12. The van der Waals surface area contributed by atoms with Crippen LogP contribution < -0.4 is 21.1 Å².